The Morgan fingerprint density at radius 2 is 1.83 bits per heavy atom. The Bertz CT molecular complexity index is 429. The van der Waals surface area contributed by atoms with Crippen molar-refractivity contribution in [2.75, 3.05) is 7.11 Å². The van der Waals surface area contributed by atoms with E-state index in [0.717, 1.165) is 0 Å². The van der Waals surface area contributed by atoms with Gasteiger partial charge in [0.2, 0.25) is 5.91 Å². The Balaban J connectivity index is 2.90. The van der Waals surface area contributed by atoms with Crippen LogP contribution < -0.4 is 10.1 Å². The molecule has 3 N–H and O–H groups in total. The topological polar surface area (TPSA) is 95.9 Å². The molecule has 0 heterocycles. The maximum Gasteiger partial charge on any atom is 0.329 e. The van der Waals surface area contributed by atoms with Crippen LogP contribution in [0, 0.1) is 0 Å². The van der Waals surface area contributed by atoms with E-state index >= 15 is 0 Å². The summed E-state index contributed by atoms with van der Waals surface area (Å²) < 4.78 is 4.95. The number of aliphatic hydroxyl groups excluding tert-OH is 1. The van der Waals surface area contributed by atoms with Crippen LogP contribution in [0.3, 0.4) is 0 Å². The van der Waals surface area contributed by atoms with Crippen molar-refractivity contribution in [3.05, 3.63) is 29.8 Å². The second kappa shape index (κ2) is 6.02. The molecule has 2 atom stereocenters. The zero-order valence-electron chi connectivity index (χ0n) is 10.1. The van der Waals surface area contributed by atoms with Crippen LogP contribution in [-0.4, -0.2) is 35.2 Å². The van der Waals surface area contributed by atoms with E-state index in [9.17, 15) is 14.7 Å². The van der Waals surface area contributed by atoms with Crippen LogP contribution in [-0.2, 0) is 9.59 Å². The molecule has 0 aromatic heterocycles. The van der Waals surface area contributed by atoms with Gasteiger partial charge in [-0.2, -0.15) is 0 Å². The largest absolute Gasteiger partial charge is 0.497 e. The number of methoxy groups -OCH3 is 1. The van der Waals surface area contributed by atoms with E-state index in [-0.39, 0.29) is 0 Å². The first-order valence-electron chi connectivity index (χ1n) is 5.27. The van der Waals surface area contributed by atoms with Crippen molar-refractivity contribution in [1.82, 2.24) is 5.32 Å². The monoisotopic (exact) mass is 253 g/mol. The van der Waals surface area contributed by atoms with Gasteiger partial charge in [0.05, 0.1) is 7.11 Å². The first kappa shape index (κ1) is 14.0. The van der Waals surface area contributed by atoms with E-state index < -0.39 is 24.0 Å². The van der Waals surface area contributed by atoms with Crippen molar-refractivity contribution >= 4 is 11.9 Å². The zero-order chi connectivity index (χ0) is 13.7. The van der Waals surface area contributed by atoms with Crippen LogP contribution in [0.25, 0.3) is 0 Å². The predicted molar refractivity (Wildman–Crippen MR) is 63.2 cm³/mol. The van der Waals surface area contributed by atoms with E-state index in [1.807, 2.05) is 0 Å². The van der Waals surface area contributed by atoms with Gasteiger partial charge >= 0.3 is 5.97 Å². The number of aliphatic carboxylic acids is 1. The molecule has 0 saturated carbocycles. The summed E-state index contributed by atoms with van der Waals surface area (Å²) in [4.78, 5) is 21.9. The van der Waals surface area contributed by atoms with Crippen LogP contribution in [0.5, 0.6) is 5.75 Å². The average Bonchev–Trinajstić information content (AvgIpc) is 2.34. The second-order valence-corrected chi connectivity index (χ2v) is 3.73. The standard InChI is InChI=1S/C12H15NO5/c1-7(14)13-10(12(16)17)11(15)8-3-5-9(18-2)6-4-8/h3-6,10-11,15H,1-2H3,(H,13,14)(H,16,17)/t10-,11?/m0/s1. The Labute approximate surface area is 104 Å². The molecule has 18 heavy (non-hydrogen) atoms. The molecular formula is C12H15NO5. The number of hydrogen-bond donors (Lipinski definition) is 3. The van der Waals surface area contributed by atoms with Gasteiger partial charge in [0.15, 0.2) is 6.04 Å². The van der Waals surface area contributed by atoms with Crippen molar-refractivity contribution in [3.8, 4) is 5.75 Å². The quantitative estimate of drug-likeness (QED) is 0.702. The molecule has 1 aromatic rings. The highest BCUT2D eigenvalue weighted by atomic mass is 16.5. The lowest BCUT2D eigenvalue weighted by Gasteiger charge is -2.20. The van der Waals surface area contributed by atoms with E-state index in [1.54, 1.807) is 24.3 Å². The molecule has 0 spiro atoms. The molecule has 0 fully saturated rings. The summed E-state index contributed by atoms with van der Waals surface area (Å²) in [6.07, 6.45) is -1.32. The number of nitrogens with one attached hydrogen (secondary N) is 1. The fourth-order valence-electron chi connectivity index (χ4n) is 1.49. The van der Waals surface area contributed by atoms with Gasteiger partial charge in [-0.25, -0.2) is 4.79 Å². The fraction of sp³-hybridized carbons (Fsp3) is 0.333. The van der Waals surface area contributed by atoms with Crippen LogP contribution >= 0.6 is 0 Å². The second-order valence-electron chi connectivity index (χ2n) is 3.73. The lowest BCUT2D eigenvalue weighted by molar-refractivity contribution is -0.145. The summed E-state index contributed by atoms with van der Waals surface area (Å²) >= 11 is 0. The molecule has 0 aliphatic heterocycles. The minimum Gasteiger partial charge on any atom is -0.497 e. The van der Waals surface area contributed by atoms with Crippen molar-refractivity contribution in [2.45, 2.75) is 19.1 Å². The SMILES string of the molecule is COc1ccc(C(O)[C@H](NC(C)=O)C(=O)O)cc1. The number of carbonyl (C=O) groups excluding carboxylic acids is 1. The molecule has 0 aliphatic rings. The van der Waals surface area contributed by atoms with Crippen LogP contribution in [0.15, 0.2) is 24.3 Å². The summed E-state index contributed by atoms with van der Waals surface area (Å²) in [5.74, 6) is -1.22. The predicted octanol–water partition coefficient (Wildman–Crippen LogP) is 0.318. The van der Waals surface area contributed by atoms with E-state index in [0.29, 0.717) is 11.3 Å². The summed E-state index contributed by atoms with van der Waals surface area (Å²) in [7, 11) is 1.50. The summed E-state index contributed by atoms with van der Waals surface area (Å²) in [6.45, 7) is 1.19. The molecule has 0 saturated heterocycles. The maximum absolute atomic E-state index is 11.0. The summed E-state index contributed by atoms with van der Waals surface area (Å²) in [6, 6.07) is 4.91. The number of hydrogen-bond acceptors (Lipinski definition) is 4. The van der Waals surface area contributed by atoms with Crippen LogP contribution in [0.2, 0.25) is 0 Å². The maximum atomic E-state index is 11.0. The molecule has 1 rings (SSSR count). The van der Waals surface area contributed by atoms with Gasteiger partial charge in [-0.05, 0) is 17.7 Å². The van der Waals surface area contributed by atoms with Gasteiger partial charge in [-0.3, -0.25) is 4.79 Å². The van der Waals surface area contributed by atoms with Gasteiger partial charge in [-0.1, -0.05) is 12.1 Å². The molecule has 1 aromatic carbocycles. The third kappa shape index (κ3) is 3.46. The van der Waals surface area contributed by atoms with Gasteiger partial charge in [0, 0.05) is 6.92 Å². The van der Waals surface area contributed by atoms with Crippen molar-refractivity contribution in [2.24, 2.45) is 0 Å². The van der Waals surface area contributed by atoms with Gasteiger partial charge < -0.3 is 20.3 Å². The third-order valence-electron chi connectivity index (χ3n) is 2.40. The molecule has 0 radical (unpaired) electrons. The molecule has 1 unspecified atom stereocenters. The number of amides is 1. The molecule has 98 valence electrons. The van der Waals surface area contributed by atoms with Crippen molar-refractivity contribution < 1.29 is 24.5 Å². The minimum atomic E-state index is -1.38. The molecular weight excluding hydrogens is 238 g/mol. The van der Waals surface area contributed by atoms with E-state index in [2.05, 4.69) is 5.32 Å². The van der Waals surface area contributed by atoms with Crippen molar-refractivity contribution in [1.29, 1.82) is 0 Å². The lowest BCUT2D eigenvalue weighted by Crippen LogP contribution is -2.44. The minimum absolute atomic E-state index is 0.386. The number of carboxylic acids is 1. The first-order chi connectivity index (χ1) is 8.45. The highest BCUT2D eigenvalue weighted by Crippen LogP contribution is 2.20. The first-order valence-corrected chi connectivity index (χ1v) is 5.27. The zero-order valence-corrected chi connectivity index (χ0v) is 10.1. The Kier molecular flexibility index (Phi) is 4.67. The summed E-state index contributed by atoms with van der Waals surface area (Å²) in [5, 5.41) is 21.1. The molecule has 0 bridgehead atoms. The fourth-order valence-corrected chi connectivity index (χ4v) is 1.49. The van der Waals surface area contributed by atoms with Gasteiger partial charge in [-0.15, -0.1) is 0 Å². The smallest absolute Gasteiger partial charge is 0.329 e. The Morgan fingerprint density at radius 3 is 2.22 bits per heavy atom. The number of aliphatic hydroxyl groups is 1. The normalized spacial score (nSPS) is 13.5. The number of carboxylic acid groups (broad SMARTS) is 1. The third-order valence-corrected chi connectivity index (χ3v) is 2.40. The van der Waals surface area contributed by atoms with E-state index in [4.69, 9.17) is 9.84 Å². The van der Waals surface area contributed by atoms with Crippen LogP contribution in [0.1, 0.15) is 18.6 Å². The summed E-state index contributed by atoms with van der Waals surface area (Å²) in [5.41, 5.74) is 0.386. The van der Waals surface area contributed by atoms with Crippen molar-refractivity contribution in [3.63, 3.8) is 0 Å². The number of benzene rings is 1. The molecule has 6 nitrogen and oxygen atoms in total. The van der Waals surface area contributed by atoms with Gasteiger partial charge in [0.25, 0.3) is 0 Å². The average molecular weight is 253 g/mol. The molecule has 0 aliphatic carbocycles. The number of carbonyl (C=O) groups is 2. The number of ether oxygens (including phenoxy) is 1. The Morgan fingerprint density at radius 1 is 1.28 bits per heavy atom. The molecule has 6 heteroatoms. The van der Waals surface area contributed by atoms with E-state index in [1.165, 1.54) is 14.0 Å². The Hall–Kier alpha value is -2.08. The molecule has 1 amide bonds. The lowest BCUT2D eigenvalue weighted by atomic mass is 10.0. The highest BCUT2D eigenvalue weighted by Gasteiger charge is 2.28. The van der Waals surface area contributed by atoms with Crippen LogP contribution in [0.4, 0.5) is 0 Å². The number of rotatable bonds is 5. The highest BCUT2D eigenvalue weighted by molar-refractivity contribution is 5.82. The van der Waals surface area contributed by atoms with Gasteiger partial charge in [0.1, 0.15) is 11.9 Å².